The molecule has 134 valence electrons. The average molecular weight is 348 g/mol. The van der Waals surface area contributed by atoms with Gasteiger partial charge in [-0.05, 0) is 73.6 Å². The second-order valence-corrected chi connectivity index (χ2v) is 6.81. The number of hydrogen-bond acceptors (Lipinski definition) is 3. The van der Waals surface area contributed by atoms with Gasteiger partial charge in [0.1, 0.15) is 5.65 Å². The number of imidazole rings is 1. The summed E-state index contributed by atoms with van der Waals surface area (Å²) in [6.07, 6.45) is 11.6. The maximum atomic E-state index is 5.43. The summed E-state index contributed by atoms with van der Waals surface area (Å²) in [5.74, 6) is 1.44. The van der Waals surface area contributed by atoms with Crippen LogP contribution in [0.1, 0.15) is 36.8 Å². The lowest BCUT2D eigenvalue weighted by Gasteiger charge is -2.14. The van der Waals surface area contributed by atoms with Gasteiger partial charge in [-0.3, -0.25) is 0 Å². The summed E-state index contributed by atoms with van der Waals surface area (Å²) in [5, 5.41) is 0. The molecular weight excluding hydrogens is 324 g/mol. The van der Waals surface area contributed by atoms with Crippen LogP contribution in [0.15, 0.2) is 42.7 Å². The molecule has 0 unspecified atom stereocenters. The third kappa shape index (κ3) is 2.96. The fourth-order valence-electron chi connectivity index (χ4n) is 3.68. The Morgan fingerprint density at radius 3 is 2.54 bits per heavy atom. The van der Waals surface area contributed by atoms with E-state index in [1.807, 2.05) is 18.2 Å². The van der Waals surface area contributed by atoms with Crippen LogP contribution >= 0.6 is 0 Å². The van der Waals surface area contributed by atoms with E-state index in [9.17, 15) is 0 Å². The molecule has 0 saturated carbocycles. The number of aromatic nitrogens is 2. The first-order chi connectivity index (χ1) is 12.7. The van der Waals surface area contributed by atoms with Crippen molar-refractivity contribution in [1.29, 1.82) is 0 Å². The molecule has 0 N–H and O–H groups in total. The summed E-state index contributed by atoms with van der Waals surface area (Å²) in [6.45, 7) is 2.13. The second-order valence-electron chi connectivity index (χ2n) is 6.81. The molecule has 0 saturated heterocycles. The molecule has 26 heavy (non-hydrogen) atoms. The van der Waals surface area contributed by atoms with Gasteiger partial charge in [0.05, 0.1) is 19.9 Å². The predicted octanol–water partition coefficient (Wildman–Crippen LogP) is 5.28. The molecule has 0 atom stereocenters. The average Bonchev–Trinajstić information content (AvgIpc) is 3.13. The molecule has 0 aliphatic heterocycles. The van der Waals surface area contributed by atoms with Crippen molar-refractivity contribution >= 4 is 11.2 Å². The molecule has 4 heteroatoms. The molecule has 4 nitrogen and oxygen atoms in total. The number of aryl methyl sites for hydroxylation is 1. The number of ether oxygens (including phenoxy) is 2. The van der Waals surface area contributed by atoms with E-state index in [2.05, 4.69) is 35.9 Å². The Labute approximate surface area is 154 Å². The van der Waals surface area contributed by atoms with E-state index in [0.29, 0.717) is 5.75 Å². The summed E-state index contributed by atoms with van der Waals surface area (Å²) in [5.41, 5.74) is 6.91. The van der Waals surface area contributed by atoms with Crippen LogP contribution in [0, 0.1) is 6.92 Å². The monoisotopic (exact) mass is 348 g/mol. The maximum absolute atomic E-state index is 5.43. The molecule has 0 fully saturated rings. The number of methoxy groups -OCH3 is 2. The molecule has 1 aliphatic rings. The molecule has 0 bridgehead atoms. The normalized spacial score (nSPS) is 14.3. The van der Waals surface area contributed by atoms with E-state index in [0.717, 1.165) is 22.7 Å². The molecule has 0 spiro atoms. The Morgan fingerprint density at radius 2 is 1.81 bits per heavy atom. The summed E-state index contributed by atoms with van der Waals surface area (Å²) < 4.78 is 12.9. The van der Waals surface area contributed by atoms with Crippen molar-refractivity contribution in [2.75, 3.05) is 14.2 Å². The van der Waals surface area contributed by atoms with Gasteiger partial charge >= 0.3 is 0 Å². The van der Waals surface area contributed by atoms with Gasteiger partial charge in [0.2, 0.25) is 0 Å². The smallest absolute Gasteiger partial charge is 0.161 e. The Hall–Kier alpha value is -2.75. The first kappa shape index (κ1) is 16.7. The minimum absolute atomic E-state index is 0.715. The van der Waals surface area contributed by atoms with Gasteiger partial charge in [-0.1, -0.05) is 6.08 Å². The van der Waals surface area contributed by atoms with Crippen LogP contribution in [0.5, 0.6) is 11.5 Å². The summed E-state index contributed by atoms with van der Waals surface area (Å²) in [7, 11) is 3.30. The van der Waals surface area contributed by atoms with Gasteiger partial charge in [0.15, 0.2) is 11.5 Å². The zero-order chi connectivity index (χ0) is 18.1. The van der Waals surface area contributed by atoms with Crippen molar-refractivity contribution in [3.63, 3.8) is 0 Å². The van der Waals surface area contributed by atoms with Crippen molar-refractivity contribution in [1.82, 2.24) is 9.38 Å². The van der Waals surface area contributed by atoms with Gasteiger partial charge in [-0.25, -0.2) is 4.98 Å². The highest BCUT2D eigenvalue weighted by Gasteiger charge is 2.13. The molecule has 3 aromatic rings. The van der Waals surface area contributed by atoms with Crippen LogP contribution in [0.3, 0.4) is 0 Å². The molecule has 2 aromatic heterocycles. The number of rotatable bonds is 4. The number of benzene rings is 1. The van der Waals surface area contributed by atoms with Crippen molar-refractivity contribution in [2.45, 2.75) is 32.6 Å². The van der Waals surface area contributed by atoms with Crippen LogP contribution in [0.2, 0.25) is 0 Å². The van der Waals surface area contributed by atoms with Crippen molar-refractivity contribution in [3.05, 3.63) is 53.9 Å². The maximum Gasteiger partial charge on any atom is 0.161 e. The molecule has 0 amide bonds. The molecule has 0 radical (unpaired) electrons. The minimum Gasteiger partial charge on any atom is -0.493 e. The van der Waals surface area contributed by atoms with Gasteiger partial charge in [0.25, 0.3) is 0 Å². The molecule has 2 heterocycles. The third-order valence-corrected chi connectivity index (χ3v) is 5.08. The number of fused-ring (bicyclic) bond motifs is 1. The standard InChI is InChI=1S/C22H24N2O2/c1-15-11-18(16-7-5-4-6-8-16)13-24-14-19(23-22(15)24)17-9-10-20(25-2)21(12-17)26-3/h7,9-14H,4-6,8H2,1-3H3. The van der Waals surface area contributed by atoms with E-state index < -0.39 is 0 Å². The first-order valence-electron chi connectivity index (χ1n) is 9.11. The highest BCUT2D eigenvalue weighted by atomic mass is 16.5. The Balaban J connectivity index is 1.78. The number of nitrogens with zero attached hydrogens (tertiary/aromatic N) is 2. The highest BCUT2D eigenvalue weighted by Crippen LogP contribution is 2.33. The lowest BCUT2D eigenvalue weighted by molar-refractivity contribution is 0.355. The molecule has 1 aliphatic carbocycles. The zero-order valence-electron chi connectivity index (χ0n) is 15.6. The Bertz CT molecular complexity index is 985. The quantitative estimate of drug-likeness (QED) is 0.643. The zero-order valence-corrected chi connectivity index (χ0v) is 15.6. The lowest BCUT2D eigenvalue weighted by Crippen LogP contribution is -1.96. The summed E-state index contributed by atoms with van der Waals surface area (Å²) >= 11 is 0. The van der Waals surface area contributed by atoms with Gasteiger partial charge in [0, 0.05) is 18.0 Å². The number of pyridine rings is 1. The SMILES string of the molecule is COc1ccc(-c2cn3cc(C4=CCCCC4)cc(C)c3n2)cc1OC. The van der Waals surface area contributed by atoms with E-state index in [-0.39, 0.29) is 0 Å². The third-order valence-electron chi connectivity index (χ3n) is 5.08. The van der Waals surface area contributed by atoms with E-state index in [4.69, 9.17) is 14.5 Å². The Kier molecular flexibility index (Phi) is 4.41. The van der Waals surface area contributed by atoms with Crippen molar-refractivity contribution in [2.24, 2.45) is 0 Å². The van der Waals surface area contributed by atoms with Crippen LogP contribution in [-0.2, 0) is 0 Å². The fraction of sp³-hybridized carbons (Fsp3) is 0.318. The van der Waals surface area contributed by atoms with Crippen LogP contribution < -0.4 is 9.47 Å². The topological polar surface area (TPSA) is 35.8 Å². The van der Waals surface area contributed by atoms with Gasteiger partial charge < -0.3 is 13.9 Å². The first-order valence-corrected chi connectivity index (χ1v) is 9.11. The van der Waals surface area contributed by atoms with Gasteiger partial charge in [-0.2, -0.15) is 0 Å². The van der Waals surface area contributed by atoms with Crippen LogP contribution in [0.25, 0.3) is 22.5 Å². The number of hydrogen-bond donors (Lipinski definition) is 0. The molecular formula is C22H24N2O2. The van der Waals surface area contributed by atoms with E-state index in [1.54, 1.807) is 14.2 Å². The molecule has 1 aromatic carbocycles. The highest BCUT2D eigenvalue weighted by molar-refractivity contribution is 5.71. The summed E-state index contributed by atoms with van der Waals surface area (Å²) in [4.78, 5) is 4.85. The lowest BCUT2D eigenvalue weighted by atomic mass is 9.94. The summed E-state index contributed by atoms with van der Waals surface area (Å²) in [6, 6.07) is 8.17. The van der Waals surface area contributed by atoms with Crippen LogP contribution in [0.4, 0.5) is 0 Å². The largest absolute Gasteiger partial charge is 0.493 e. The van der Waals surface area contributed by atoms with Crippen LogP contribution in [-0.4, -0.2) is 23.6 Å². The van der Waals surface area contributed by atoms with E-state index in [1.165, 1.54) is 42.4 Å². The minimum atomic E-state index is 0.715. The predicted molar refractivity (Wildman–Crippen MR) is 105 cm³/mol. The van der Waals surface area contributed by atoms with Crippen molar-refractivity contribution < 1.29 is 9.47 Å². The molecule has 4 rings (SSSR count). The Morgan fingerprint density at radius 1 is 0.962 bits per heavy atom. The van der Waals surface area contributed by atoms with E-state index >= 15 is 0 Å². The second kappa shape index (κ2) is 6.87. The number of allylic oxidation sites excluding steroid dienone is 2. The van der Waals surface area contributed by atoms with Gasteiger partial charge in [-0.15, -0.1) is 0 Å². The van der Waals surface area contributed by atoms with Crippen molar-refractivity contribution in [3.8, 4) is 22.8 Å². The fourth-order valence-corrected chi connectivity index (χ4v) is 3.68.